The molecule has 0 aliphatic heterocycles. The number of nitrogens with zero attached hydrogens (tertiary/aromatic N) is 2. The van der Waals surface area contributed by atoms with Gasteiger partial charge in [-0.3, -0.25) is 4.79 Å². The topological polar surface area (TPSA) is 62.1 Å². The van der Waals surface area contributed by atoms with Crippen LogP contribution in [-0.4, -0.2) is 37.4 Å². The Balaban J connectivity index is 1.87. The number of carbonyl (C=O) groups is 1. The van der Waals surface area contributed by atoms with Crippen LogP contribution >= 0.6 is 11.3 Å². The lowest BCUT2D eigenvalue weighted by Crippen LogP contribution is -2.21. The first-order chi connectivity index (χ1) is 13.6. The zero-order valence-corrected chi connectivity index (χ0v) is 17.1. The molecule has 2 aromatic carbocycles. The normalized spacial score (nSPS) is 11.8. The van der Waals surface area contributed by atoms with Gasteiger partial charge in [-0.05, 0) is 43.7 Å². The van der Waals surface area contributed by atoms with Crippen LogP contribution in [0.2, 0.25) is 0 Å². The quantitative estimate of drug-likeness (QED) is 0.543. The lowest BCUT2D eigenvalue weighted by molar-refractivity contribution is -0.120. The average Bonchev–Trinajstić information content (AvgIpc) is 3.03. The predicted molar refractivity (Wildman–Crippen MR) is 110 cm³/mol. The van der Waals surface area contributed by atoms with Gasteiger partial charge in [0, 0.05) is 13.2 Å². The summed E-state index contributed by atoms with van der Waals surface area (Å²) in [4.78, 5) is 17.3. The Kier molecular flexibility index (Phi) is 6.84. The number of amides is 1. The number of carbonyl (C=O) groups excluding carboxylic acids is 1. The highest BCUT2D eigenvalue weighted by Crippen LogP contribution is 2.23. The number of aromatic nitrogens is 1. The second-order valence-electron chi connectivity index (χ2n) is 6.13. The largest absolute Gasteiger partial charge is 0.497 e. The van der Waals surface area contributed by atoms with Crippen LogP contribution in [0.1, 0.15) is 12.5 Å². The van der Waals surface area contributed by atoms with E-state index in [1.807, 2.05) is 60.9 Å². The fraction of sp³-hybridized carbons (Fsp3) is 0.333. The number of methoxy groups -OCH3 is 1. The lowest BCUT2D eigenvalue weighted by Gasteiger charge is -2.07. The van der Waals surface area contributed by atoms with Crippen molar-refractivity contribution in [3.05, 3.63) is 52.8 Å². The van der Waals surface area contributed by atoms with Crippen molar-refractivity contribution in [2.45, 2.75) is 20.4 Å². The molecule has 3 rings (SSSR count). The van der Waals surface area contributed by atoms with Crippen molar-refractivity contribution >= 4 is 27.5 Å². The zero-order chi connectivity index (χ0) is 19.9. The number of ether oxygens (including phenoxy) is 3. The second-order valence-corrected chi connectivity index (χ2v) is 7.14. The van der Waals surface area contributed by atoms with Crippen molar-refractivity contribution < 1.29 is 19.0 Å². The molecule has 0 unspecified atom stereocenters. The molecule has 1 heterocycles. The van der Waals surface area contributed by atoms with Crippen LogP contribution in [0.25, 0.3) is 10.2 Å². The van der Waals surface area contributed by atoms with Gasteiger partial charge in [0.2, 0.25) is 0 Å². The van der Waals surface area contributed by atoms with E-state index in [0.29, 0.717) is 30.3 Å². The maximum Gasteiger partial charge on any atom is 0.286 e. The highest BCUT2D eigenvalue weighted by molar-refractivity contribution is 7.16. The van der Waals surface area contributed by atoms with E-state index in [-0.39, 0.29) is 12.5 Å². The van der Waals surface area contributed by atoms with Gasteiger partial charge in [0.05, 0.1) is 23.9 Å². The second kappa shape index (κ2) is 9.52. The number of hydrogen-bond donors (Lipinski definition) is 0. The minimum atomic E-state index is -0.327. The van der Waals surface area contributed by atoms with Gasteiger partial charge in [-0.25, -0.2) is 0 Å². The Morgan fingerprint density at radius 2 is 2.04 bits per heavy atom. The molecule has 7 heteroatoms. The summed E-state index contributed by atoms with van der Waals surface area (Å²) in [7, 11) is 1.63. The van der Waals surface area contributed by atoms with Crippen molar-refractivity contribution in [1.82, 2.24) is 4.57 Å². The predicted octanol–water partition coefficient (Wildman–Crippen LogP) is 3.56. The molecule has 0 bridgehead atoms. The highest BCUT2D eigenvalue weighted by atomic mass is 32.1. The number of fused-ring (bicyclic) bond motifs is 1. The third-order valence-corrected chi connectivity index (χ3v) is 5.26. The van der Waals surface area contributed by atoms with E-state index in [0.717, 1.165) is 21.5 Å². The van der Waals surface area contributed by atoms with Gasteiger partial charge in [0.15, 0.2) is 11.4 Å². The van der Waals surface area contributed by atoms with Crippen LogP contribution in [0.5, 0.6) is 11.5 Å². The molecule has 1 amide bonds. The maximum absolute atomic E-state index is 12.4. The van der Waals surface area contributed by atoms with E-state index in [4.69, 9.17) is 14.2 Å². The zero-order valence-electron chi connectivity index (χ0n) is 16.3. The molecule has 1 aromatic heterocycles. The van der Waals surface area contributed by atoms with Crippen LogP contribution in [0, 0.1) is 6.92 Å². The third kappa shape index (κ3) is 4.79. The molecule has 0 saturated carbocycles. The molecule has 28 heavy (non-hydrogen) atoms. The molecular weight excluding hydrogens is 376 g/mol. The Bertz CT molecular complexity index is 1020. The van der Waals surface area contributed by atoms with Crippen molar-refractivity contribution in [2.24, 2.45) is 4.99 Å². The molecule has 0 saturated heterocycles. The summed E-state index contributed by atoms with van der Waals surface area (Å²) in [6, 6.07) is 13.4. The smallest absolute Gasteiger partial charge is 0.286 e. The fourth-order valence-corrected chi connectivity index (χ4v) is 3.88. The molecular formula is C21H24N2O4S. The first-order valence-electron chi connectivity index (χ1n) is 9.13. The van der Waals surface area contributed by atoms with Crippen molar-refractivity contribution in [3.63, 3.8) is 0 Å². The summed E-state index contributed by atoms with van der Waals surface area (Å²) >= 11 is 1.45. The molecule has 6 nitrogen and oxygen atoms in total. The maximum atomic E-state index is 12.4. The summed E-state index contributed by atoms with van der Waals surface area (Å²) < 4.78 is 19.4. The van der Waals surface area contributed by atoms with E-state index in [2.05, 4.69) is 4.99 Å². The van der Waals surface area contributed by atoms with Gasteiger partial charge in [0.25, 0.3) is 5.91 Å². The van der Waals surface area contributed by atoms with Gasteiger partial charge in [-0.2, -0.15) is 4.99 Å². The van der Waals surface area contributed by atoms with Crippen molar-refractivity contribution in [2.75, 3.05) is 26.9 Å². The van der Waals surface area contributed by atoms with E-state index in [1.54, 1.807) is 7.11 Å². The highest BCUT2D eigenvalue weighted by Gasteiger charge is 2.10. The van der Waals surface area contributed by atoms with Gasteiger partial charge in [-0.15, -0.1) is 0 Å². The summed E-state index contributed by atoms with van der Waals surface area (Å²) in [6.07, 6.45) is 0. The summed E-state index contributed by atoms with van der Waals surface area (Å²) in [5.74, 6) is 1.13. The number of thiazole rings is 1. The van der Waals surface area contributed by atoms with Crippen LogP contribution < -0.4 is 14.3 Å². The van der Waals surface area contributed by atoms with Gasteiger partial charge < -0.3 is 18.8 Å². The van der Waals surface area contributed by atoms with Crippen molar-refractivity contribution in [1.29, 1.82) is 0 Å². The Morgan fingerprint density at radius 1 is 1.21 bits per heavy atom. The molecule has 0 spiro atoms. The van der Waals surface area contributed by atoms with E-state index < -0.39 is 0 Å². The molecule has 148 valence electrons. The van der Waals surface area contributed by atoms with Crippen LogP contribution in [0.3, 0.4) is 0 Å². The SMILES string of the molecule is CCOCCn1c(=NC(=O)COc2ccccc2C)sc2cc(OC)ccc21. The van der Waals surface area contributed by atoms with Gasteiger partial charge in [-0.1, -0.05) is 29.5 Å². The number of aryl methyl sites for hydroxylation is 1. The number of hydrogen-bond acceptors (Lipinski definition) is 5. The lowest BCUT2D eigenvalue weighted by atomic mass is 10.2. The van der Waals surface area contributed by atoms with E-state index in [1.165, 1.54) is 11.3 Å². The number of benzene rings is 2. The monoisotopic (exact) mass is 400 g/mol. The fourth-order valence-electron chi connectivity index (χ4n) is 2.78. The van der Waals surface area contributed by atoms with Crippen molar-refractivity contribution in [3.8, 4) is 11.5 Å². The first-order valence-corrected chi connectivity index (χ1v) is 9.95. The molecule has 0 aliphatic carbocycles. The summed E-state index contributed by atoms with van der Waals surface area (Å²) in [6.45, 7) is 5.61. The number of para-hydroxylation sites is 1. The standard InChI is InChI=1S/C21H24N2O4S/c1-4-26-12-11-23-17-10-9-16(25-3)13-19(17)28-21(23)22-20(24)14-27-18-8-6-5-7-15(18)2/h5-10,13H,4,11-12,14H2,1-3H3. The Labute approximate surface area is 168 Å². The van der Waals surface area contributed by atoms with Gasteiger partial charge >= 0.3 is 0 Å². The molecule has 0 N–H and O–H groups in total. The van der Waals surface area contributed by atoms with Gasteiger partial charge in [0.1, 0.15) is 11.5 Å². The minimum Gasteiger partial charge on any atom is -0.497 e. The first kappa shape index (κ1) is 20.1. The molecule has 0 aliphatic rings. The number of rotatable bonds is 8. The van der Waals surface area contributed by atoms with Crippen LogP contribution in [0.4, 0.5) is 0 Å². The summed E-state index contributed by atoms with van der Waals surface area (Å²) in [5.41, 5.74) is 1.98. The molecule has 3 aromatic rings. The Morgan fingerprint density at radius 3 is 2.79 bits per heavy atom. The summed E-state index contributed by atoms with van der Waals surface area (Å²) in [5, 5.41) is 0. The molecule has 0 fully saturated rings. The molecule has 0 radical (unpaired) electrons. The van der Waals surface area contributed by atoms with Crippen LogP contribution in [-0.2, 0) is 16.1 Å². The van der Waals surface area contributed by atoms with E-state index in [9.17, 15) is 4.79 Å². The van der Waals surface area contributed by atoms with E-state index >= 15 is 0 Å². The minimum absolute atomic E-state index is 0.103. The van der Waals surface area contributed by atoms with Crippen LogP contribution in [0.15, 0.2) is 47.5 Å². The average molecular weight is 401 g/mol. The third-order valence-electron chi connectivity index (χ3n) is 4.22. The Hall–Kier alpha value is -2.64. The molecule has 0 atom stereocenters.